The zero-order valence-corrected chi connectivity index (χ0v) is 14.2. The molecule has 0 fully saturated rings. The van der Waals surface area contributed by atoms with Crippen LogP contribution >= 0.6 is 0 Å². The molecular weight excluding hydrogens is 301 g/mol. The first-order valence-electron chi connectivity index (χ1n) is 6.00. The van der Waals surface area contributed by atoms with Gasteiger partial charge in [0, 0.05) is 0 Å². The molecule has 2 heteroatoms. The van der Waals surface area contributed by atoms with Gasteiger partial charge in [0.05, 0.1) is 0 Å². The fourth-order valence-corrected chi connectivity index (χ4v) is 6.20. The van der Waals surface area contributed by atoms with Crippen LogP contribution in [0.1, 0.15) is 24.5 Å². The van der Waals surface area contributed by atoms with Gasteiger partial charge >= 0.3 is 104 Å². The van der Waals surface area contributed by atoms with Crippen LogP contribution in [0, 0.1) is 13.8 Å². The Hall–Kier alpha value is -0.311. The molecule has 0 aliphatic rings. The summed E-state index contributed by atoms with van der Waals surface area (Å²) in [6.45, 7) is 6.53. The molecule has 88 valence electrons. The van der Waals surface area contributed by atoms with Crippen molar-refractivity contribution in [1.82, 2.24) is 0 Å². The monoisotopic (exact) mass is 325 g/mol. The second-order valence-electron chi connectivity index (χ2n) is 5.40. The van der Waals surface area contributed by atoms with E-state index in [1.807, 2.05) is 0 Å². The minimum atomic E-state index is -1.99. The summed E-state index contributed by atoms with van der Waals surface area (Å²) in [5, 5.41) is 0. The molecule has 0 spiro atoms. The third-order valence-electron chi connectivity index (χ3n) is 2.89. The average molecular weight is 324 g/mol. The van der Waals surface area contributed by atoms with Gasteiger partial charge in [-0.3, -0.25) is 0 Å². The summed E-state index contributed by atoms with van der Waals surface area (Å²) >= 11 is -1.99. The normalized spacial score (nSPS) is 13.0. The van der Waals surface area contributed by atoms with Gasteiger partial charge in [-0.2, -0.15) is 0 Å². The third kappa shape index (κ3) is 3.34. The first-order chi connectivity index (χ1) is 7.36. The fraction of sp³-hybridized carbons (Fsp3) is 0.500. The third-order valence-corrected chi connectivity index (χ3v) is 9.16. The van der Waals surface area contributed by atoms with Crippen LogP contribution in [-0.2, 0) is 0 Å². The Balaban J connectivity index is 3.24. The van der Waals surface area contributed by atoms with Crippen molar-refractivity contribution in [3.05, 3.63) is 29.3 Å². The number of aryl methyl sites for hydroxylation is 2. The Morgan fingerprint density at radius 3 is 2.00 bits per heavy atom. The zero-order valence-electron chi connectivity index (χ0n) is 11.4. The molecule has 16 heavy (non-hydrogen) atoms. The van der Waals surface area contributed by atoms with E-state index < -0.39 is 18.4 Å². The molecule has 0 N–H and O–H groups in total. The number of para-hydroxylation sites is 1. The summed E-state index contributed by atoms with van der Waals surface area (Å²) in [6, 6.07) is 6.41. The van der Waals surface area contributed by atoms with Crippen molar-refractivity contribution >= 4 is 27.8 Å². The number of hydrogen-bond donors (Lipinski definition) is 0. The summed E-state index contributed by atoms with van der Waals surface area (Å²) in [4.78, 5) is 12.3. The number of aliphatic imine (C=N–C) groups is 1. The van der Waals surface area contributed by atoms with E-state index in [4.69, 9.17) is 4.99 Å². The van der Waals surface area contributed by atoms with Crippen LogP contribution in [-0.4, -0.2) is 22.1 Å². The minimum absolute atomic E-state index is 1.10. The maximum atomic E-state index is 4.96. The van der Waals surface area contributed by atoms with Crippen molar-refractivity contribution in [2.45, 2.75) is 42.0 Å². The predicted octanol–water partition coefficient (Wildman–Crippen LogP) is 4.66. The molecule has 0 aliphatic carbocycles. The molecule has 0 aliphatic heterocycles. The SMILES string of the molecule is CC[C](=Nc1c(C)cccc1C)[Sn]([CH3])([CH3])[CH3]. The van der Waals surface area contributed by atoms with Crippen molar-refractivity contribution < 1.29 is 0 Å². The number of nitrogens with zero attached hydrogens (tertiary/aromatic N) is 1. The van der Waals surface area contributed by atoms with Crippen molar-refractivity contribution in [1.29, 1.82) is 0 Å². The van der Waals surface area contributed by atoms with Gasteiger partial charge in [0.15, 0.2) is 0 Å². The van der Waals surface area contributed by atoms with Gasteiger partial charge in [-0.1, -0.05) is 0 Å². The van der Waals surface area contributed by atoms with Crippen molar-refractivity contribution in [2.24, 2.45) is 4.99 Å². The predicted molar refractivity (Wildman–Crippen MR) is 76.6 cm³/mol. The van der Waals surface area contributed by atoms with Crippen molar-refractivity contribution in [3.8, 4) is 0 Å². The van der Waals surface area contributed by atoms with Gasteiger partial charge in [0.2, 0.25) is 0 Å². The zero-order chi connectivity index (χ0) is 12.3. The van der Waals surface area contributed by atoms with Crippen LogP contribution < -0.4 is 0 Å². The van der Waals surface area contributed by atoms with E-state index in [1.165, 1.54) is 20.5 Å². The molecule has 1 nitrogen and oxygen atoms in total. The number of rotatable bonds is 3. The molecule has 1 aromatic carbocycles. The Morgan fingerprint density at radius 2 is 1.62 bits per heavy atom. The van der Waals surface area contributed by atoms with Crippen LogP contribution in [0.4, 0.5) is 5.69 Å². The topological polar surface area (TPSA) is 12.4 Å². The van der Waals surface area contributed by atoms with Crippen LogP contribution in [0.5, 0.6) is 0 Å². The Labute approximate surface area is 104 Å². The van der Waals surface area contributed by atoms with E-state index in [1.54, 1.807) is 0 Å². The second kappa shape index (κ2) is 5.35. The molecular formula is C14H23NSn. The first kappa shape index (κ1) is 13.8. The second-order valence-corrected chi connectivity index (χ2v) is 19.9. The van der Waals surface area contributed by atoms with E-state index in [9.17, 15) is 0 Å². The molecule has 0 amide bonds. The Bertz CT molecular complexity index is 379. The Morgan fingerprint density at radius 1 is 1.12 bits per heavy atom. The maximum absolute atomic E-state index is 4.96. The van der Waals surface area contributed by atoms with E-state index in [0.717, 1.165) is 6.42 Å². The van der Waals surface area contributed by atoms with E-state index >= 15 is 0 Å². The van der Waals surface area contributed by atoms with Gasteiger partial charge in [0.25, 0.3) is 0 Å². The van der Waals surface area contributed by atoms with Gasteiger partial charge in [-0.25, -0.2) is 0 Å². The molecule has 0 saturated heterocycles. The molecule has 0 unspecified atom stereocenters. The average Bonchev–Trinajstić information content (AvgIpc) is 2.15. The number of hydrogen-bond acceptors (Lipinski definition) is 1. The molecule has 0 aromatic heterocycles. The van der Waals surface area contributed by atoms with Gasteiger partial charge < -0.3 is 0 Å². The first-order valence-corrected chi connectivity index (χ1v) is 16.0. The van der Waals surface area contributed by atoms with E-state index in [2.05, 4.69) is 53.8 Å². The Kier molecular flexibility index (Phi) is 4.60. The molecule has 0 atom stereocenters. The van der Waals surface area contributed by atoms with Crippen molar-refractivity contribution in [2.75, 3.05) is 0 Å². The van der Waals surface area contributed by atoms with Crippen molar-refractivity contribution in [3.63, 3.8) is 0 Å². The molecule has 0 saturated carbocycles. The summed E-state index contributed by atoms with van der Waals surface area (Å²) < 4.78 is 1.48. The summed E-state index contributed by atoms with van der Waals surface area (Å²) in [5.41, 5.74) is 3.79. The summed E-state index contributed by atoms with van der Waals surface area (Å²) in [6.07, 6.45) is 1.10. The summed E-state index contributed by atoms with van der Waals surface area (Å²) in [7, 11) is 0. The number of benzene rings is 1. The molecule has 0 heterocycles. The molecule has 0 bridgehead atoms. The van der Waals surface area contributed by atoms with Gasteiger partial charge in [-0.15, -0.1) is 0 Å². The quantitative estimate of drug-likeness (QED) is 0.566. The van der Waals surface area contributed by atoms with Crippen LogP contribution in [0.25, 0.3) is 0 Å². The van der Waals surface area contributed by atoms with E-state index in [-0.39, 0.29) is 0 Å². The van der Waals surface area contributed by atoms with Crippen LogP contribution in [0.15, 0.2) is 23.2 Å². The molecule has 1 rings (SSSR count). The summed E-state index contributed by atoms with van der Waals surface area (Å²) in [5.74, 6) is 0. The van der Waals surface area contributed by atoms with Gasteiger partial charge in [0.1, 0.15) is 0 Å². The van der Waals surface area contributed by atoms with Crippen LogP contribution in [0.2, 0.25) is 14.8 Å². The fourth-order valence-electron chi connectivity index (χ4n) is 1.89. The standard InChI is InChI=1S/C11H14N.3CH3.Sn/c1-4-8-12-11-9(2)6-5-7-10(11)3;;;;/h5-7H,4H2,1-3H3;3*1H3;. The van der Waals surface area contributed by atoms with Gasteiger partial charge in [-0.05, 0) is 0 Å². The van der Waals surface area contributed by atoms with E-state index in [0.29, 0.717) is 0 Å². The van der Waals surface area contributed by atoms with Crippen LogP contribution in [0.3, 0.4) is 0 Å². The molecule has 1 aromatic rings. The molecule has 0 radical (unpaired) electrons.